The van der Waals surface area contributed by atoms with Crippen molar-refractivity contribution in [2.75, 3.05) is 6.61 Å². The first kappa shape index (κ1) is 53.1. The average Bonchev–Trinajstić information content (AvgIpc) is 3.38. The number of rotatable bonds is 14. The first-order valence-corrected chi connectivity index (χ1v) is 24.6. The molecule has 1 amide bonds. The van der Waals surface area contributed by atoms with E-state index in [4.69, 9.17) is 33.2 Å². The number of carbonyl (C=O) groups is 7. The lowest BCUT2D eigenvalue weighted by Crippen LogP contribution is -2.82. The molecular formula is C57H61NO16. The Kier molecular flexibility index (Phi) is 15.0. The Hall–Kier alpha value is -7.21. The summed E-state index contributed by atoms with van der Waals surface area (Å²) < 4.78 is 42.3. The zero-order valence-corrected chi connectivity index (χ0v) is 42.2. The van der Waals surface area contributed by atoms with Crippen molar-refractivity contribution in [3.05, 3.63) is 154 Å². The van der Waals surface area contributed by atoms with Crippen LogP contribution in [-0.2, 0) is 65.4 Å². The maximum absolute atomic E-state index is 15.8. The van der Waals surface area contributed by atoms with Crippen LogP contribution in [0.2, 0.25) is 0 Å². The molecule has 17 heteroatoms. The average molecular weight is 1020 g/mol. The summed E-state index contributed by atoms with van der Waals surface area (Å²) in [5.41, 5.74) is -5.85. The van der Waals surface area contributed by atoms with Crippen LogP contribution in [0.1, 0.15) is 105 Å². The number of carbonyl (C=O) groups excluding carboxylic acids is 7. The third-order valence-corrected chi connectivity index (χ3v) is 15.5. The van der Waals surface area contributed by atoms with E-state index in [-0.39, 0.29) is 41.9 Å². The Balaban J connectivity index is 1.28. The summed E-state index contributed by atoms with van der Waals surface area (Å²) in [6, 6.07) is 30.0. The van der Waals surface area contributed by atoms with E-state index < -0.39 is 119 Å². The number of amides is 1. The number of aliphatic hydroxyl groups is 2. The normalized spacial score (nSPS) is 28.4. The minimum Gasteiger partial charge on any atom is -0.455 e. The van der Waals surface area contributed by atoms with Crippen LogP contribution in [0, 0.1) is 16.7 Å². The summed E-state index contributed by atoms with van der Waals surface area (Å²) in [5.74, 6) is -7.10. The molecular weight excluding hydrogens is 955 g/mol. The second-order valence-electron chi connectivity index (χ2n) is 20.2. The highest BCUT2D eigenvalue weighted by molar-refractivity contribution is 5.96. The van der Waals surface area contributed by atoms with Gasteiger partial charge in [0.05, 0.1) is 29.6 Å². The smallest absolute Gasteiger partial charge is 0.455 e. The van der Waals surface area contributed by atoms with Gasteiger partial charge < -0.3 is 48.7 Å². The highest BCUT2D eigenvalue weighted by Gasteiger charge is 2.78. The number of ether oxygens (including phenoxy) is 7. The van der Waals surface area contributed by atoms with Crippen molar-refractivity contribution >= 4 is 41.7 Å². The predicted molar refractivity (Wildman–Crippen MR) is 263 cm³/mol. The minimum atomic E-state index is -2.48. The van der Waals surface area contributed by atoms with E-state index in [0.717, 1.165) is 25.8 Å². The van der Waals surface area contributed by atoms with Gasteiger partial charge in [-0.25, -0.2) is 14.4 Å². The number of aryl methyl sites for hydroxylation is 1. The number of fused-ring (bicyclic) bond motifs is 5. The molecule has 4 aromatic rings. The van der Waals surface area contributed by atoms with Gasteiger partial charge in [-0.1, -0.05) is 112 Å². The minimum absolute atomic E-state index is 0.0428. The van der Waals surface area contributed by atoms with E-state index in [1.165, 1.54) is 26.0 Å². The Bertz CT molecular complexity index is 2820. The first-order valence-electron chi connectivity index (χ1n) is 24.6. The van der Waals surface area contributed by atoms with Crippen LogP contribution in [0.15, 0.2) is 126 Å². The monoisotopic (exact) mass is 1020 g/mol. The number of Topliss-reactive ketones (excluding diaryl/α,β-unsaturated/α-hetero) is 1. The summed E-state index contributed by atoms with van der Waals surface area (Å²) in [4.78, 5) is 99.9. The van der Waals surface area contributed by atoms with Crippen molar-refractivity contribution in [2.24, 2.45) is 16.7 Å². The lowest BCUT2D eigenvalue weighted by Gasteiger charge is -2.67. The molecule has 1 heterocycles. The Morgan fingerprint density at radius 3 is 1.95 bits per heavy atom. The summed E-state index contributed by atoms with van der Waals surface area (Å²) in [6.07, 6.45) is -11.4. The van der Waals surface area contributed by atoms with E-state index in [1.807, 2.05) is 19.1 Å². The van der Waals surface area contributed by atoms with E-state index in [9.17, 15) is 34.2 Å². The Morgan fingerprint density at radius 2 is 1.38 bits per heavy atom. The topological polar surface area (TPSA) is 237 Å². The molecule has 4 aromatic carbocycles. The van der Waals surface area contributed by atoms with Gasteiger partial charge in [0.15, 0.2) is 17.5 Å². The van der Waals surface area contributed by atoms with E-state index in [0.29, 0.717) is 11.1 Å². The second kappa shape index (κ2) is 21.0. The van der Waals surface area contributed by atoms with Gasteiger partial charge in [-0.05, 0) is 72.4 Å². The van der Waals surface area contributed by atoms with Crippen LogP contribution < -0.4 is 5.32 Å². The maximum Gasteiger partial charge on any atom is 0.509 e. The summed E-state index contributed by atoms with van der Waals surface area (Å²) >= 11 is 0. The Morgan fingerprint density at radius 1 is 0.784 bits per heavy atom. The van der Waals surface area contributed by atoms with E-state index in [2.05, 4.69) is 5.32 Å². The molecule has 1 aliphatic heterocycles. The quantitative estimate of drug-likeness (QED) is 0.0680. The molecule has 3 fully saturated rings. The molecule has 1 saturated heterocycles. The van der Waals surface area contributed by atoms with Crippen molar-refractivity contribution in [1.82, 2.24) is 5.32 Å². The third kappa shape index (κ3) is 9.71. The van der Waals surface area contributed by atoms with Crippen molar-refractivity contribution < 1.29 is 76.9 Å². The van der Waals surface area contributed by atoms with Crippen LogP contribution in [-0.4, -0.2) is 106 Å². The molecule has 2 bridgehead atoms. The SMILES string of the molecule is CCc1ccc(COC(=O)O[C@@H](C(=O)O[C@H]2C[C@@]3(O)C(OC(=O)c4ccccc4)C4[C@](C)(C(=O)[C@H](OC(C)=O)C(=C2C)C3(C)C)[C@@H](O)C[C@H]2OC[C@@]42OC(C)=O)[C@@H](NC(=O)c2ccccc2)c2ccccc2)cc1. The Labute approximate surface area is 428 Å². The maximum atomic E-state index is 15.8. The van der Waals surface area contributed by atoms with Crippen molar-refractivity contribution in [2.45, 2.75) is 128 Å². The van der Waals surface area contributed by atoms with E-state index in [1.54, 1.807) is 105 Å². The zero-order valence-electron chi connectivity index (χ0n) is 42.2. The third-order valence-electron chi connectivity index (χ3n) is 15.5. The number of ketones is 1. The molecule has 2 saturated carbocycles. The molecule has 17 nitrogen and oxygen atoms in total. The largest absolute Gasteiger partial charge is 0.509 e. The standard InChI is InChI=1S/C57H61NO16/c1-8-35-24-26-36(27-25-35)30-68-53(66)72-46(44(37-18-12-9-13-19-37)58-50(63)38-20-14-10-15-21-38)52(65)71-40-29-57(67)49(73-51(64)39-22-16-11-17-23-39)47-55(7,41(61)28-42-56(47,31-69-42)74-34(4)60)48(62)45(70-33(3)59)43(32(40)2)54(57,5)6/h9-27,40-42,44-47,49,61,67H,8,28-31H2,1-7H3,(H,58,63)/t40-,41-,42+,44-,45+,46+,47?,49?,55+,56-,57+/m0/s1. The van der Waals surface area contributed by atoms with Gasteiger partial charge in [0.25, 0.3) is 5.91 Å². The molecule has 4 aliphatic rings. The van der Waals surface area contributed by atoms with Gasteiger partial charge in [0.2, 0.25) is 6.10 Å². The lowest BCUT2D eigenvalue weighted by molar-refractivity contribution is -0.346. The van der Waals surface area contributed by atoms with Crippen LogP contribution in [0.4, 0.5) is 4.79 Å². The molecule has 11 atom stereocenters. The summed E-state index contributed by atoms with van der Waals surface area (Å²) in [6.45, 7) is 9.62. The highest BCUT2D eigenvalue weighted by atomic mass is 16.7. The number of esters is 4. The fourth-order valence-corrected chi connectivity index (χ4v) is 11.4. The number of aliphatic hydroxyl groups excluding tert-OH is 1. The van der Waals surface area contributed by atoms with Crippen molar-refractivity contribution in [3.63, 3.8) is 0 Å². The van der Waals surface area contributed by atoms with Crippen LogP contribution >= 0.6 is 0 Å². The predicted octanol–water partition coefficient (Wildman–Crippen LogP) is 6.66. The van der Waals surface area contributed by atoms with Crippen LogP contribution in [0.5, 0.6) is 0 Å². The molecule has 0 radical (unpaired) electrons. The molecule has 3 aliphatic carbocycles. The number of nitrogens with one attached hydrogen (secondary N) is 1. The van der Waals surface area contributed by atoms with E-state index >= 15 is 9.59 Å². The fourth-order valence-electron chi connectivity index (χ4n) is 11.4. The molecule has 2 unspecified atom stereocenters. The summed E-state index contributed by atoms with van der Waals surface area (Å²) in [5, 5.41) is 29.0. The second-order valence-corrected chi connectivity index (χ2v) is 20.2. The van der Waals surface area contributed by atoms with Gasteiger partial charge >= 0.3 is 30.0 Å². The molecule has 74 heavy (non-hydrogen) atoms. The van der Waals surface area contributed by atoms with Gasteiger partial charge in [-0.2, -0.15) is 0 Å². The van der Waals surface area contributed by atoms with Gasteiger partial charge in [0.1, 0.15) is 36.6 Å². The molecule has 8 rings (SSSR count). The molecule has 390 valence electrons. The number of benzene rings is 4. The van der Waals surface area contributed by atoms with Gasteiger partial charge in [-0.3, -0.25) is 19.2 Å². The van der Waals surface area contributed by atoms with Crippen LogP contribution in [0.3, 0.4) is 0 Å². The molecule has 3 N–H and O–H groups in total. The van der Waals surface area contributed by atoms with Crippen molar-refractivity contribution in [1.29, 1.82) is 0 Å². The van der Waals surface area contributed by atoms with Gasteiger partial charge in [-0.15, -0.1) is 0 Å². The lowest BCUT2D eigenvalue weighted by atomic mass is 9.44. The van der Waals surface area contributed by atoms with Crippen molar-refractivity contribution in [3.8, 4) is 0 Å². The van der Waals surface area contributed by atoms with Gasteiger partial charge in [0, 0.05) is 37.7 Å². The molecule has 0 aromatic heterocycles. The summed E-state index contributed by atoms with van der Waals surface area (Å²) in [7, 11) is 0. The first-order chi connectivity index (χ1) is 35.2. The fraction of sp³-hybridized carbons (Fsp3) is 0.421. The number of hydrogen-bond acceptors (Lipinski definition) is 16. The molecule has 0 spiro atoms. The number of hydrogen-bond donors (Lipinski definition) is 3. The highest BCUT2D eigenvalue weighted by Crippen LogP contribution is 2.64. The zero-order chi connectivity index (χ0) is 53.3. The van der Waals surface area contributed by atoms with Crippen LogP contribution in [0.25, 0.3) is 0 Å².